The average molecular weight is 567 g/mol. The molecule has 0 spiro atoms. The number of aromatic nitrogens is 1. The Labute approximate surface area is 212 Å². The Balaban J connectivity index is 1.86. The van der Waals surface area contributed by atoms with Gasteiger partial charge >= 0.3 is 18.2 Å². The van der Waals surface area contributed by atoms with Gasteiger partial charge in [0.05, 0.1) is 28.2 Å². The second kappa shape index (κ2) is 9.69. The van der Waals surface area contributed by atoms with Gasteiger partial charge in [-0.25, -0.2) is 8.42 Å². The maximum absolute atomic E-state index is 13.4. The molecule has 2 heterocycles. The molecule has 4 rings (SSSR count). The summed E-state index contributed by atoms with van der Waals surface area (Å²) in [4.78, 5) is -1.17. The van der Waals surface area contributed by atoms with Gasteiger partial charge in [0.25, 0.3) is 0 Å². The van der Waals surface area contributed by atoms with Crippen LogP contribution in [0.1, 0.15) is 23.1 Å². The highest BCUT2D eigenvalue weighted by molar-refractivity contribution is 7.89. The van der Waals surface area contributed by atoms with E-state index in [-0.39, 0.29) is 49.2 Å². The predicted octanol–water partition coefficient (Wildman–Crippen LogP) is 5.65. The zero-order chi connectivity index (χ0) is 27.2. The van der Waals surface area contributed by atoms with Gasteiger partial charge in [-0.05, 0) is 42.3 Å². The summed E-state index contributed by atoms with van der Waals surface area (Å²) in [6.45, 7) is -0.953. The minimum atomic E-state index is -5.22. The molecule has 0 unspecified atom stereocenters. The van der Waals surface area contributed by atoms with Crippen molar-refractivity contribution in [2.45, 2.75) is 30.2 Å². The molecule has 198 valence electrons. The average Bonchev–Trinajstić information content (AvgIpc) is 2.79. The van der Waals surface area contributed by atoms with Gasteiger partial charge in [-0.1, -0.05) is 23.7 Å². The standard InChI is InChI=1S/C23H17ClF6N2O4S/c24-17-4-2-14(3-5-17)19-6-8-32(33)21-20(19)13-31(7-1-9-36-21)37(34,35)18-11-15(22(25,26)27)10-16(12-18)23(28,29)30/h2-6,8,10-12H,1,7,9,13H2. The number of alkyl halides is 6. The Kier molecular flexibility index (Phi) is 7.08. The Hall–Kier alpha value is -3.03. The van der Waals surface area contributed by atoms with Crippen molar-refractivity contribution in [3.8, 4) is 17.0 Å². The summed E-state index contributed by atoms with van der Waals surface area (Å²) in [7, 11) is -4.88. The topological polar surface area (TPSA) is 73.5 Å². The van der Waals surface area contributed by atoms with Crippen molar-refractivity contribution in [2.24, 2.45) is 0 Å². The minimum Gasteiger partial charge on any atom is -0.616 e. The molecule has 1 aliphatic rings. The first-order valence-electron chi connectivity index (χ1n) is 10.6. The third-order valence-electron chi connectivity index (χ3n) is 5.64. The first kappa shape index (κ1) is 27.0. The molecule has 0 atom stereocenters. The fourth-order valence-electron chi connectivity index (χ4n) is 3.86. The normalized spacial score (nSPS) is 15.4. The molecular weight excluding hydrogens is 550 g/mol. The second-order valence-electron chi connectivity index (χ2n) is 8.13. The Bertz CT molecular complexity index is 1390. The quantitative estimate of drug-likeness (QED) is 0.233. The molecule has 14 heteroatoms. The van der Waals surface area contributed by atoms with E-state index >= 15 is 0 Å². The lowest BCUT2D eigenvalue weighted by molar-refractivity contribution is -0.613. The first-order chi connectivity index (χ1) is 17.2. The van der Waals surface area contributed by atoms with E-state index < -0.39 is 44.9 Å². The number of benzene rings is 2. The van der Waals surface area contributed by atoms with Gasteiger partial charge in [-0.2, -0.15) is 30.6 Å². The lowest BCUT2D eigenvalue weighted by Gasteiger charge is -2.27. The van der Waals surface area contributed by atoms with Crippen molar-refractivity contribution >= 4 is 21.6 Å². The van der Waals surface area contributed by atoms with Crippen LogP contribution in [0, 0.1) is 5.21 Å². The van der Waals surface area contributed by atoms with E-state index in [4.69, 9.17) is 16.3 Å². The molecule has 1 aliphatic heterocycles. The number of ether oxygens (including phenoxy) is 1. The number of hydrogen-bond acceptors (Lipinski definition) is 4. The van der Waals surface area contributed by atoms with Gasteiger partial charge in [-0.3, -0.25) is 0 Å². The third kappa shape index (κ3) is 5.63. The van der Waals surface area contributed by atoms with Gasteiger partial charge in [0.2, 0.25) is 10.0 Å². The molecule has 0 amide bonds. The molecule has 0 aliphatic carbocycles. The van der Waals surface area contributed by atoms with E-state index in [1.165, 1.54) is 6.07 Å². The van der Waals surface area contributed by atoms with Crippen LogP contribution in [0.25, 0.3) is 11.1 Å². The first-order valence-corrected chi connectivity index (χ1v) is 12.4. The lowest BCUT2D eigenvalue weighted by Crippen LogP contribution is -2.38. The molecule has 1 aromatic heterocycles. The minimum absolute atomic E-state index is 0.0228. The van der Waals surface area contributed by atoms with E-state index in [1.54, 1.807) is 24.3 Å². The van der Waals surface area contributed by atoms with Crippen molar-refractivity contribution in [2.75, 3.05) is 13.2 Å². The molecule has 3 aromatic rings. The lowest BCUT2D eigenvalue weighted by atomic mass is 10.0. The number of fused-ring (bicyclic) bond motifs is 1. The van der Waals surface area contributed by atoms with Crippen LogP contribution >= 0.6 is 11.6 Å². The van der Waals surface area contributed by atoms with E-state index in [0.717, 1.165) is 10.5 Å². The van der Waals surface area contributed by atoms with E-state index in [2.05, 4.69) is 0 Å². The molecule has 0 fully saturated rings. The largest absolute Gasteiger partial charge is 0.616 e. The number of halogens is 7. The van der Waals surface area contributed by atoms with Crippen LogP contribution in [0.2, 0.25) is 5.02 Å². The fourth-order valence-corrected chi connectivity index (χ4v) is 5.50. The van der Waals surface area contributed by atoms with Crippen LogP contribution in [0.15, 0.2) is 59.6 Å². The van der Waals surface area contributed by atoms with Gasteiger partial charge in [0.1, 0.15) is 0 Å². The molecule has 0 N–H and O–H groups in total. The van der Waals surface area contributed by atoms with Crippen LogP contribution in [0.4, 0.5) is 26.3 Å². The molecule has 2 aromatic carbocycles. The molecule has 0 saturated carbocycles. The summed E-state index contributed by atoms with van der Waals surface area (Å²) in [5.74, 6) is -0.229. The summed E-state index contributed by atoms with van der Waals surface area (Å²) in [6, 6.07) is 7.91. The van der Waals surface area contributed by atoms with Crippen molar-refractivity contribution in [3.63, 3.8) is 0 Å². The molecule has 0 saturated heterocycles. The Morgan fingerprint density at radius 3 is 2.11 bits per heavy atom. The number of sulfonamides is 1. The molecular formula is C23H17ClF6N2O4S. The maximum atomic E-state index is 13.4. The van der Waals surface area contributed by atoms with Crippen molar-refractivity contribution in [1.82, 2.24) is 4.31 Å². The van der Waals surface area contributed by atoms with Crippen LogP contribution in [-0.2, 0) is 28.9 Å². The number of nitrogens with zero attached hydrogens (tertiary/aromatic N) is 2. The monoisotopic (exact) mass is 566 g/mol. The van der Waals surface area contributed by atoms with Crippen molar-refractivity contribution < 1.29 is 44.2 Å². The smallest absolute Gasteiger partial charge is 0.416 e. The summed E-state index contributed by atoms with van der Waals surface area (Å²) < 4.78 is 114. The number of rotatable bonds is 3. The predicted molar refractivity (Wildman–Crippen MR) is 120 cm³/mol. The van der Waals surface area contributed by atoms with Crippen molar-refractivity contribution in [3.05, 3.63) is 81.6 Å². The SMILES string of the molecule is O=S(=O)(c1cc(C(F)(F)F)cc(C(F)(F)F)c1)N1CCCOc2c(c(-c3ccc(Cl)cc3)cc[n+]2[O-])C1. The molecule has 37 heavy (non-hydrogen) atoms. The molecule has 0 bridgehead atoms. The number of hydrogen-bond donors (Lipinski definition) is 0. The van der Waals surface area contributed by atoms with Crippen molar-refractivity contribution in [1.29, 1.82) is 0 Å². The fraction of sp³-hybridized carbons (Fsp3) is 0.261. The van der Waals surface area contributed by atoms with Crippen LogP contribution in [0.3, 0.4) is 0 Å². The highest BCUT2D eigenvalue weighted by Gasteiger charge is 2.40. The highest BCUT2D eigenvalue weighted by Crippen LogP contribution is 2.39. The Morgan fingerprint density at radius 2 is 1.54 bits per heavy atom. The van der Waals surface area contributed by atoms with E-state index in [0.29, 0.717) is 20.9 Å². The second-order valence-corrected chi connectivity index (χ2v) is 10.5. The molecule has 0 radical (unpaired) electrons. The van der Waals surface area contributed by atoms with Gasteiger partial charge < -0.3 is 9.94 Å². The van der Waals surface area contributed by atoms with Crippen LogP contribution < -0.4 is 9.47 Å². The third-order valence-corrected chi connectivity index (χ3v) is 7.71. The molecule has 6 nitrogen and oxygen atoms in total. The van der Waals surface area contributed by atoms with Gasteiger partial charge in [0, 0.05) is 29.7 Å². The summed E-state index contributed by atoms with van der Waals surface area (Å²) in [5.41, 5.74) is -2.51. The van der Waals surface area contributed by atoms with Gasteiger partial charge in [-0.15, -0.1) is 4.73 Å². The summed E-state index contributed by atoms with van der Waals surface area (Å²) in [5, 5.41) is 12.9. The van der Waals surface area contributed by atoms with Crippen LogP contribution in [0.5, 0.6) is 5.88 Å². The number of pyridine rings is 1. The Morgan fingerprint density at radius 1 is 0.946 bits per heavy atom. The van der Waals surface area contributed by atoms with E-state index in [9.17, 15) is 40.0 Å². The van der Waals surface area contributed by atoms with Crippen LogP contribution in [-0.4, -0.2) is 25.9 Å². The zero-order valence-corrected chi connectivity index (χ0v) is 20.2. The summed E-state index contributed by atoms with van der Waals surface area (Å²) in [6.07, 6.45) is -9.28. The maximum Gasteiger partial charge on any atom is 0.416 e. The zero-order valence-electron chi connectivity index (χ0n) is 18.6. The summed E-state index contributed by atoms with van der Waals surface area (Å²) >= 11 is 5.93. The van der Waals surface area contributed by atoms with E-state index in [1.807, 2.05) is 0 Å². The van der Waals surface area contributed by atoms with Gasteiger partial charge in [0.15, 0.2) is 6.20 Å². The highest BCUT2D eigenvalue weighted by atomic mass is 35.5.